The quantitative estimate of drug-likeness (QED) is 0.649. The van der Waals surface area contributed by atoms with E-state index in [0.29, 0.717) is 11.0 Å². The smallest absolute Gasteiger partial charge is 0.188 e. The van der Waals surface area contributed by atoms with Crippen LogP contribution in [0.3, 0.4) is 0 Å². The molecule has 0 aliphatic carbocycles. The number of rotatable bonds is 4. The summed E-state index contributed by atoms with van der Waals surface area (Å²) in [5, 5.41) is 4.47. The summed E-state index contributed by atoms with van der Waals surface area (Å²) >= 11 is 9.34. The third kappa shape index (κ3) is 3.97. The number of anilines is 2. The standard InChI is InChI=1S/C15H12ClN3S2/c1-10-9-17-15(20-10)19-14-8-12(7-13(16)18-14)21-11-5-3-2-4-6-11/h2-9H,1H3,(H,17,18,19). The van der Waals surface area contributed by atoms with Crippen molar-refractivity contribution < 1.29 is 0 Å². The normalized spacial score (nSPS) is 10.6. The van der Waals surface area contributed by atoms with Crippen molar-refractivity contribution in [2.24, 2.45) is 0 Å². The van der Waals surface area contributed by atoms with Gasteiger partial charge in [-0.3, -0.25) is 0 Å². The van der Waals surface area contributed by atoms with Crippen LogP contribution in [-0.2, 0) is 0 Å². The van der Waals surface area contributed by atoms with Gasteiger partial charge in [0, 0.05) is 20.9 Å². The maximum Gasteiger partial charge on any atom is 0.188 e. The molecule has 1 aromatic carbocycles. The van der Waals surface area contributed by atoms with Crippen LogP contribution in [0.2, 0.25) is 5.15 Å². The van der Waals surface area contributed by atoms with Crippen molar-refractivity contribution in [1.82, 2.24) is 9.97 Å². The molecule has 0 spiro atoms. The van der Waals surface area contributed by atoms with E-state index in [9.17, 15) is 0 Å². The summed E-state index contributed by atoms with van der Waals surface area (Å²) in [6.07, 6.45) is 1.83. The third-order valence-electron chi connectivity index (χ3n) is 2.60. The lowest BCUT2D eigenvalue weighted by atomic mass is 10.4. The molecule has 2 heterocycles. The van der Waals surface area contributed by atoms with E-state index >= 15 is 0 Å². The Kier molecular flexibility index (Phi) is 4.43. The summed E-state index contributed by atoms with van der Waals surface area (Å²) in [4.78, 5) is 11.9. The highest BCUT2D eigenvalue weighted by atomic mass is 35.5. The lowest BCUT2D eigenvalue weighted by Gasteiger charge is -2.06. The van der Waals surface area contributed by atoms with Gasteiger partial charge in [-0.2, -0.15) is 0 Å². The van der Waals surface area contributed by atoms with E-state index in [0.717, 1.165) is 19.8 Å². The Labute approximate surface area is 136 Å². The number of benzene rings is 1. The van der Waals surface area contributed by atoms with Crippen molar-refractivity contribution in [3.8, 4) is 0 Å². The second kappa shape index (κ2) is 6.47. The van der Waals surface area contributed by atoms with Crippen LogP contribution in [-0.4, -0.2) is 9.97 Å². The Morgan fingerprint density at radius 2 is 1.95 bits per heavy atom. The van der Waals surface area contributed by atoms with Crippen LogP contribution in [0.1, 0.15) is 4.88 Å². The van der Waals surface area contributed by atoms with E-state index in [2.05, 4.69) is 27.4 Å². The molecular weight excluding hydrogens is 322 g/mol. The molecule has 0 aliphatic heterocycles. The summed E-state index contributed by atoms with van der Waals surface area (Å²) in [5.41, 5.74) is 0. The maximum atomic E-state index is 6.11. The summed E-state index contributed by atoms with van der Waals surface area (Å²) < 4.78 is 0. The zero-order valence-corrected chi connectivity index (χ0v) is 13.6. The Morgan fingerprint density at radius 1 is 1.14 bits per heavy atom. The van der Waals surface area contributed by atoms with Gasteiger partial charge in [0.1, 0.15) is 11.0 Å². The predicted octanol–water partition coefficient (Wildman–Crippen LogP) is 5.39. The van der Waals surface area contributed by atoms with E-state index in [4.69, 9.17) is 11.6 Å². The monoisotopic (exact) mass is 333 g/mol. The SMILES string of the molecule is Cc1cnc(Nc2cc(Sc3ccccc3)cc(Cl)n2)s1. The third-order valence-corrected chi connectivity index (χ3v) is 4.60. The Morgan fingerprint density at radius 3 is 2.67 bits per heavy atom. The molecule has 106 valence electrons. The minimum atomic E-state index is 0.465. The highest BCUT2D eigenvalue weighted by Gasteiger charge is 2.05. The zero-order chi connectivity index (χ0) is 14.7. The van der Waals surface area contributed by atoms with Crippen LogP contribution in [0.25, 0.3) is 0 Å². The number of nitrogens with one attached hydrogen (secondary N) is 1. The van der Waals surface area contributed by atoms with Crippen LogP contribution in [0.4, 0.5) is 10.9 Å². The fourth-order valence-electron chi connectivity index (χ4n) is 1.74. The first-order chi connectivity index (χ1) is 10.2. The van der Waals surface area contributed by atoms with Gasteiger partial charge in [0.05, 0.1) is 0 Å². The first-order valence-corrected chi connectivity index (χ1v) is 8.30. The number of pyridine rings is 1. The van der Waals surface area contributed by atoms with E-state index in [1.807, 2.05) is 43.5 Å². The fourth-order valence-corrected chi connectivity index (χ4v) is 3.59. The van der Waals surface area contributed by atoms with Gasteiger partial charge in [0.15, 0.2) is 5.13 Å². The fraction of sp³-hybridized carbons (Fsp3) is 0.0667. The van der Waals surface area contributed by atoms with Gasteiger partial charge in [-0.25, -0.2) is 9.97 Å². The first-order valence-electron chi connectivity index (χ1n) is 6.29. The topological polar surface area (TPSA) is 37.8 Å². The number of thiazole rings is 1. The minimum absolute atomic E-state index is 0.465. The number of aromatic nitrogens is 2. The molecule has 21 heavy (non-hydrogen) atoms. The summed E-state index contributed by atoms with van der Waals surface area (Å²) in [5.74, 6) is 0.704. The van der Waals surface area contributed by atoms with Gasteiger partial charge in [-0.1, -0.05) is 41.6 Å². The molecule has 3 rings (SSSR count). The predicted molar refractivity (Wildman–Crippen MR) is 89.9 cm³/mol. The van der Waals surface area contributed by atoms with Crippen molar-refractivity contribution in [3.63, 3.8) is 0 Å². The molecule has 3 aromatic rings. The number of nitrogens with zero attached hydrogens (tertiary/aromatic N) is 2. The van der Waals surface area contributed by atoms with Crippen LogP contribution in [0, 0.1) is 6.92 Å². The van der Waals surface area contributed by atoms with Gasteiger partial charge in [-0.15, -0.1) is 11.3 Å². The van der Waals surface area contributed by atoms with Crippen molar-refractivity contribution in [2.75, 3.05) is 5.32 Å². The molecule has 0 aliphatic rings. The molecular formula is C15H12ClN3S2. The van der Waals surface area contributed by atoms with E-state index in [1.54, 1.807) is 23.1 Å². The Bertz CT molecular complexity index is 744. The molecule has 2 aromatic heterocycles. The minimum Gasteiger partial charge on any atom is -0.316 e. The zero-order valence-electron chi connectivity index (χ0n) is 11.2. The molecule has 0 saturated carbocycles. The number of hydrogen-bond acceptors (Lipinski definition) is 5. The second-order valence-corrected chi connectivity index (χ2v) is 7.10. The molecule has 0 amide bonds. The molecule has 0 saturated heterocycles. The average molecular weight is 334 g/mol. The van der Waals surface area contributed by atoms with Crippen molar-refractivity contribution in [2.45, 2.75) is 16.7 Å². The highest BCUT2D eigenvalue weighted by Crippen LogP contribution is 2.31. The van der Waals surface area contributed by atoms with Crippen molar-refractivity contribution in [1.29, 1.82) is 0 Å². The summed E-state index contributed by atoms with van der Waals surface area (Å²) in [6.45, 7) is 2.02. The molecule has 3 nitrogen and oxygen atoms in total. The van der Waals surface area contributed by atoms with Crippen molar-refractivity contribution in [3.05, 3.63) is 58.7 Å². The summed E-state index contributed by atoms with van der Waals surface area (Å²) in [6, 6.07) is 14.0. The van der Waals surface area contributed by atoms with Crippen LogP contribution < -0.4 is 5.32 Å². The van der Waals surface area contributed by atoms with E-state index in [1.165, 1.54) is 0 Å². The van der Waals surface area contributed by atoms with Gasteiger partial charge in [-0.05, 0) is 31.2 Å². The molecule has 0 unspecified atom stereocenters. The van der Waals surface area contributed by atoms with Crippen molar-refractivity contribution >= 4 is 45.6 Å². The molecule has 1 N–H and O–H groups in total. The van der Waals surface area contributed by atoms with Crippen LogP contribution in [0.15, 0.2) is 58.5 Å². The lowest BCUT2D eigenvalue weighted by molar-refractivity contribution is 1.24. The van der Waals surface area contributed by atoms with E-state index < -0.39 is 0 Å². The van der Waals surface area contributed by atoms with Crippen LogP contribution in [0.5, 0.6) is 0 Å². The van der Waals surface area contributed by atoms with Gasteiger partial charge >= 0.3 is 0 Å². The largest absolute Gasteiger partial charge is 0.316 e. The molecule has 0 fully saturated rings. The van der Waals surface area contributed by atoms with E-state index in [-0.39, 0.29) is 0 Å². The molecule has 0 atom stereocenters. The van der Waals surface area contributed by atoms with Gasteiger partial charge in [0.25, 0.3) is 0 Å². The van der Waals surface area contributed by atoms with Crippen LogP contribution >= 0.6 is 34.7 Å². The lowest BCUT2D eigenvalue weighted by Crippen LogP contribution is -1.93. The number of hydrogen-bond donors (Lipinski definition) is 1. The number of aryl methyl sites for hydroxylation is 1. The van der Waals surface area contributed by atoms with Gasteiger partial charge < -0.3 is 5.32 Å². The average Bonchev–Trinajstić information content (AvgIpc) is 2.84. The molecule has 6 heteroatoms. The maximum absolute atomic E-state index is 6.11. The van der Waals surface area contributed by atoms with Gasteiger partial charge in [0.2, 0.25) is 0 Å². The highest BCUT2D eigenvalue weighted by molar-refractivity contribution is 7.99. The Hall–Kier alpha value is -1.56. The first kappa shape index (κ1) is 14.4. The molecule has 0 radical (unpaired) electrons. The Balaban J connectivity index is 1.82. The second-order valence-electron chi connectivity index (χ2n) is 4.33. The summed E-state index contributed by atoms with van der Waals surface area (Å²) in [7, 11) is 0. The molecule has 0 bridgehead atoms. The number of halogens is 1.